The van der Waals surface area contributed by atoms with E-state index < -0.39 is 33.3 Å². The summed E-state index contributed by atoms with van der Waals surface area (Å²) in [5.74, 6) is -2.84. The molecule has 144 valence electrons. The molecule has 0 radical (unpaired) electrons. The van der Waals surface area contributed by atoms with Gasteiger partial charge in [0.1, 0.15) is 22.6 Å². The highest BCUT2D eigenvalue weighted by Crippen LogP contribution is 2.37. The molecule has 0 aliphatic carbocycles. The van der Waals surface area contributed by atoms with E-state index in [1.54, 1.807) is 0 Å². The first-order valence-corrected chi connectivity index (χ1v) is 10.1. The highest BCUT2D eigenvalue weighted by Gasteiger charge is 2.27. The van der Waals surface area contributed by atoms with E-state index in [2.05, 4.69) is 41.3 Å². The molecular formula is C16H12Br2O8S. The van der Waals surface area contributed by atoms with E-state index in [0.717, 1.165) is 38.5 Å². The number of carbonyl (C=O) groups excluding carboxylic acids is 2. The van der Waals surface area contributed by atoms with E-state index in [0.29, 0.717) is 0 Å². The van der Waals surface area contributed by atoms with Crippen LogP contribution in [0.25, 0.3) is 0 Å². The van der Waals surface area contributed by atoms with Crippen molar-refractivity contribution in [2.45, 2.75) is 9.79 Å². The van der Waals surface area contributed by atoms with E-state index in [-0.39, 0.29) is 29.9 Å². The lowest BCUT2D eigenvalue weighted by Crippen LogP contribution is -2.09. The monoisotopic (exact) mass is 522 g/mol. The maximum Gasteiger partial charge on any atom is 0.341 e. The molecule has 8 nitrogen and oxygen atoms in total. The molecule has 0 unspecified atom stereocenters. The van der Waals surface area contributed by atoms with Crippen LogP contribution < -0.4 is 0 Å². The van der Waals surface area contributed by atoms with E-state index in [1.807, 2.05) is 0 Å². The van der Waals surface area contributed by atoms with Crippen molar-refractivity contribution in [1.82, 2.24) is 0 Å². The van der Waals surface area contributed by atoms with Crippen molar-refractivity contribution < 1.29 is 37.7 Å². The fourth-order valence-corrected chi connectivity index (χ4v) is 4.71. The van der Waals surface area contributed by atoms with Gasteiger partial charge in [-0.15, -0.1) is 0 Å². The first-order chi connectivity index (χ1) is 12.5. The Bertz CT molecular complexity index is 969. The van der Waals surface area contributed by atoms with Crippen LogP contribution in [0.15, 0.2) is 43.0 Å². The number of rotatable bonds is 4. The molecule has 0 fully saturated rings. The molecule has 2 N–H and O–H groups in total. The maximum absolute atomic E-state index is 13.0. The van der Waals surface area contributed by atoms with Crippen molar-refractivity contribution in [1.29, 1.82) is 0 Å². The van der Waals surface area contributed by atoms with Gasteiger partial charge in [0.25, 0.3) is 0 Å². The van der Waals surface area contributed by atoms with Crippen LogP contribution in [0.4, 0.5) is 0 Å². The van der Waals surface area contributed by atoms with E-state index in [9.17, 15) is 28.2 Å². The van der Waals surface area contributed by atoms with Gasteiger partial charge in [-0.05, 0) is 56.1 Å². The number of esters is 2. The third kappa shape index (κ3) is 3.94. The molecule has 2 aromatic carbocycles. The van der Waals surface area contributed by atoms with E-state index in [4.69, 9.17) is 0 Å². The predicted molar refractivity (Wildman–Crippen MR) is 99.7 cm³/mol. The minimum atomic E-state index is -4.24. The zero-order valence-electron chi connectivity index (χ0n) is 13.8. The molecule has 0 amide bonds. The summed E-state index contributed by atoms with van der Waals surface area (Å²) in [6, 6.07) is 4.07. The maximum atomic E-state index is 13.0. The summed E-state index contributed by atoms with van der Waals surface area (Å²) in [5.41, 5.74) is -0.729. The lowest BCUT2D eigenvalue weighted by Gasteiger charge is -2.12. The second-order valence-electron chi connectivity index (χ2n) is 5.09. The van der Waals surface area contributed by atoms with Crippen molar-refractivity contribution in [2.75, 3.05) is 14.2 Å². The Morgan fingerprint density at radius 2 is 1.15 bits per heavy atom. The molecule has 0 aliphatic heterocycles. The molecule has 0 saturated heterocycles. The summed E-state index contributed by atoms with van der Waals surface area (Å²) in [6.45, 7) is 0. The Labute approximate surface area is 170 Å². The first kappa shape index (κ1) is 21.2. The van der Waals surface area contributed by atoms with Gasteiger partial charge < -0.3 is 19.7 Å². The molecule has 0 saturated carbocycles. The van der Waals surface area contributed by atoms with Gasteiger partial charge in [-0.3, -0.25) is 0 Å². The quantitative estimate of drug-likeness (QED) is 0.585. The van der Waals surface area contributed by atoms with Gasteiger partial charge in [-0.2, -0.15) is 0 Å². The minimum Gasteiger partial charge on any atom is -0.506 e. The highest BCUT2D eigenvalue weighted by molar-refractivity contribution is 9.11. The number of halogens is 2. The number of hydrogen-bond donors (Lipinski definition) is 2. The van der Waals surface area contributed by atoms with Crippen LogP contribution in [0.2, 0.25) is 0 Å². The summed E-state index contributed by atoms with van der Waals surface area (Å²) >= 11 is 5.98. The number of phenols is 2. The lowest BCUT2D eigenvalue weighted by atomic mass is 10.2. The number of sulfone groups is 1. The Hall–Kier alpha value is -2.11. The standard InChI is InChI=1S/C16H12Br2O8S/c1-25-15(21)9-3-7(5-11(17)13(9)19)27(23,24)8-4-10(16(22)26-2)14(20)12(18)6-8/h3-6,19-20H,1-2H3. The highest BCUT2D eigenvalue weighted by atomic mass is 79.9. The first-order valence-electron chi connectivity index (χ1n) is 7.01. The van der Waals surface area contributed by atoms with Crippen molar-refractivity contribution >= 4 is 53.6 Å². The summed E-state index contributed by atoms with van der Waals surface area (Å²) in [7, 11) is -2.08. The summed E-state index contributed by atoms with van der Waals surface area (Å²) in [6.07, 6.45) is 0. The van der Waals surface area contributed by atoms with Crippen LogP contribution in [0.1, 0.15) is 20.7 Å². The van der Waals surface area contributed by atoms with Crippen LogP contribution >= 0.6 is 31.9 Å². The molecule has 0 atom stereocenters. The summed E-state index contributed by atoms with van der Waals surface area (Å²) < 4.78 is 34.9. The Morgan fingerprint density at radius 1 is 0.815 bits per heavy atom. The van der Waals surface area contributed by atoms with Gasteiger partial charge in [0, 0.05) is 0 Å². The van der Waals surface area contributed by atoms with Gasteiger partial charge in [-0.1, -0.05) is 0 Å². The van der Waals surface area contributed by atoms with Crippen LogP contribution in [-0.2, 0) is 19.3 Å². The molecule has 0 aromatic heterocycles. The second-order valence-corrected chi connectivity index (χ2v) is 8.75. The zero-order chi connectivity index (χ0) is 20.5. The van der Waals surface area contributed by atoms with E-state index in [1.165, 1.54) is 0 Å². The number of phenolic OH excluding ortho intramolecular Hbond substituents is 2. The minimum absolute atomic E-state index is 0.0463. The van der Waals surface area contributed by atoms with Crippen molar-refractivity contribution in [3.05, 3.63) is 44.3 Å². The third-order valence-electron chi connectivity index (χ3n) is 3.51. The van der Waals surface area contributed by atoms with Gasteiger partial charge in [0.05, 0.1) is 33.0 Å². The fraction of sp³-hybridized carbons (Fsp3) is 0.125. The normalized spacial score (nSPS) is 11.1. The SMILES string of the molecule is COC(=O)c1cc(S(=O)(=O)c2cc(Br)c(O)c(C(=O)OC)c2)cc(Br)c1O. The van der Waals surface area contributed by atoms with Gasteiger partial charge in [0.15, 0.2) is 0 Å². The molecule has 0 heterocycles. The van der Waals surface area contributed by atoms with Crippen LogP contribution in [0.3, 0.4) is 0 Å². The molecule has 2 aromatic rings. The van der Waals surface area contributed by atoms with Gasteiger partial charge in [-0.25, -0.2) is 18.0 Å². The number of hydrogen-bond acceptors (Lipinski definition) is 8. The molecule has 0 aliphatic rings. The molecule has 0 spiro atoms. The van der Waals surface area contributed by atoms with Crippen molar-refractivity contribution in [3.8, 4) is 11.5 Å². The van der Waals surface area contributed by atoms with E-state index >= 15 is 0 Å². The number of carbonyl (C=O) groups is 2. The fourth-order valence-electron chi connectivity index (χ4n) is 2.13. The number of ether oxygens (including phenoxy) is 2. The lowest BCUT2D eigenvalue weighted by molar-refractivity contribution is 0.0587. The smallest absolute Gasteiger partial charge is 0.341 e. The second kappa shape index (κ2) is 7.87. The largest absolute Gasteiger partial charge is 0.506 e. The number of benzene rings is 2. The zero-order valence-corrected chi connectivity index (χ0v) is 17.8. The topological polar surface area (TPSA) is 127 Å². The van der Waals surface area contributed by atoms with Crippen molar-refractivity contribution in [2.24, 2.45) is 0 Å². The predicted octanol–water partition coefficient (Wildman–Crippen LogP) is 3.03. The Morgan fingerprint density at radius 3 is 1.44 bits per heavy atom. The molecule has 2 rings (SSSR count). The van der Waals surface area contributed by atoms with Gasteiger partial charge in [0.2, 0.25) is 9.84 Å². The number of aromatic hydroxyl groups is 2. The average Bonchev–Trinajstić information content (AvgIpc) is 2.64. The summed E-state index contributed by atoms with van der Waals surface area (Å²) in [5, 5.41) is 19.9. The van der Waals surface area contributed by atoms with Crippen LogP contribution in [0.5, 0.6) is 11.5 Å². The van der Waals surface area contributed by atoms with Gasteiger partial charge >= 0.3 is 11.9 Å². The molecule has 0 bridgehead atoms. The van der Waals surface area contributed by atoms with Crippen LogP contribution in [-0.4, -0.2) is 44.8 Å². The molecule has 27 heavy (non-hydrogen) atoms. The van der Waals surface area contributed by atoms with Crippen LogP contribution in [0, 0.1) is 0 Å². The molecule has 11 heteroatoms. The molecular weight excluding hydrogens is 512 g/mol. The average molecular weight is 524 g/mol. The number of methoxy groups -OCH3 is 2. The van der Waals surface area contributed by atoms with Crippen molar-refractivity contribution in [3.63, 3.8) is 0 Å². The third-order valence-corrected chi connectivity index (χ3v) is 6.43. The Kier molecular flexibility index (Phi) is 6.17. The summed E-state index contributed by atoms with van der Waals surface area (Å²) in [4.78, 5) is 22.9. The Balaban J connectivity index is 2.74.